The molecule has 0 saturated carbocycles. The number of hydrogen-bond donors (Lipinski definition) is 0. The summed E-state index contributed by atoms with van der Waals surface area (Å²) in [6.07, 6.45) is 1.67. The van der Waals surface area contributed by atoms with Crippen LogP contribution in [0.15, 0.2) is 24.3 Å². The first kappa shape index (κ1) is 10.7. The number of nitriles is 1. The highest BCUT2D eigenvalue weighted by atomic mass is 16.2. The summed E-state index contributed by atoms with van der Waals surface area (Å²) in [4.78, 5) is 13.5. The minimum Gasteiger partial charge on any atom is -0.345 e. The summed E-state index contributed by atoms with van der Waals surface area (Å²) in [5.74, 6) is 0.321. The van der Waals surface area contributed by atoms with E-state index in [1.165, 1.54) is 0 Å². The molecule has 1 unspecified atom stereocenters. The van der Waals surface area contributed by atoms with Crippen molar-refractivity contribution in [2.75, 3.05) is 13.6 Å². The predicted molar refractivity (Wildman–Crippen MR) is 60.6 cm³/mol. The van der Waals surface area contributed by atoms with Crippen molar-refractivity contribution in [3.63, 3.8) is 0 Å². The highest BCUT2D eigenvalue weighted by Crippen LogP contribution is 2.21. The van der Waals surface area contributed by atoms with Gasteiger partial charge in [-0.3, -0.25) is 4.79 Å². The molecule has 0 radical (unpaired) electrons. The van der Waals surface area contributed by atoms with E-state index in [2.05, 4.69) is 6.07 Å². The van der Waals surface area contributed by atoms with E-state index in [0.717, 1.165) is 24.9 Å². The summed E-state index contributed by atoms with van der Waals surface area (Å²) in [6, 6.07) is 9.62. The van der Waals surface area contributed by atoms with Gasteiger partial charge in [0.2, 0.25) is 5.91 Å². The van der Waals surface area contributed by atoms with Gasteiger partial charge in [0.15, 0.2) is 0 Å². The molecule has 3 nitrogen and oxygen atoms in total. The first-order valence-corrected chi connectivity index (χ1v) is 5.44. The molecule has 1 aromatic carbocycles. The third-order valence-electron chi connectivity index (χ3n) is 3.08. The SMILES string of the molecule is CN1CCC(Cc2cccc(C#N)c2)C1=O. The van der Waals surface area contributed by atoms with Gasteiger partial charge in [0.05, 0.1) is 11.6 Å². The minimum atomic E-state index is 0.0962. The zero-order valence-corrected chi connectivity index (χ0v) is 9.31. The predicted octanol–water partition coefficient (Wildman–Crippen LogP) is 1.58. The molecule has 0 bridgehead atoms. The second-order valence-electron chi connectivity index (χ2n) is 4.26. The smallest absolute Gasteiger partial charge is 0.225 e. The molecule has 1 fully saturated rings. The van der Waals surface area contributed by atoms with Crippen molar-refractivity contribution in [2.45, 2.75) is 12.8 Å². The molecule has 1 saturated heterocycles. The standard InChI is InChI=1S/C13H14N2O/c1-15-6-5-12(13(15)16)8-10-3-2-4-11(7-10)9-14/h2-4,7,12H,5-6,8H2,1H3. The van der Waals surface area contributed by atoms with E-state index in [-0.39, 0.29) is 11.8 Å². The Hall–Kier alpha value is -1.82. The van der Waals surface area contributed by atoms with Gasteiger partial charge in [-0.1, -0.05) is 12.1 Å². The highest BCUT2D eigenvalue weighted by molar-refractivity contribution is 5.80. The third-order valence-corrected chi connectivity index (χ3v) is 3.08. The van der Waals surface area contributed by atoms with Crippen molar-refractivity contribution in [3.8, 4) is 6.07 Å². The van der Waals surface area contributed by atoms with Crippen LogP contribution in [-0.2, 0) is 11.2 Å². The van der Waals surface area contributed by atoms with Crippen LogP contribution in [0.3, 0.4) is 0 Å². The average Bonchev–Trinajstić information content (AvgIpc) is 2.61. The summed E-state index contributed by atoms with van der Waals surface area (Å²) < 4.78 is 0. The molecule has 0 aliphatic carbocycles. The number of carbonyl (C=O) groups is 1. The maximum Gasteiger partial charge on any atom is 0.225 e. The Morgan fingerprint density at radius 2 is 2.38 bits per heavy atom. The maximum absolute atomic E-state index is 11.7. The topological polar surface area (TPSA) is 44.1 Å². The summed E-state index contributed by atoms with van der Waals surface area (Å²) in [5.41, 5.74) is 1.74. The number of carbonyl (C=O) groups excluding carboxylic acids is 1. The van der Waals surface area contributed by atoms with Crippen LogP contribution in [0.25, 0.3) is 0 Å². The van der Waals surface area contributed by atoms with Gasteiger partial charge >= 0.3 is 0 Å². The van der Waals surface area contributed by atoms with E-state index in [0.29, 0.717) is 5.56 Å². The Balaban J connectivity index is 2.10. The van der Waals surface area contributed by atoms with Gasteiger partial charge in [0.1, 0.15) is 0 Å². The number of amides is 1. The van der Waals surface area contributed by atoms with Gasteiger partial charge in [-0.05, 0) is 30.5 Å². The second-order valence-corrected chi connectivity index (χ2v) is 4.26. The Bertz CT molecular complexity index is 447. The van der Waals surface area contributed by atoms with Gasteiger partial charge < -0.3 is 4.90 Å². The molecule has 16 heavy (non-hydrogen) atoms. The Morgan fingerprint density at radius 1 is 1.56 bits per heavy atom. The first-order valence-electron chi connectivity index (χ1n) is 5.44. The number of likely N-dealkylation sites (tertiary alicyclic amines) is 1. The molecule has 1 aromatic rings. The van der Waals surface area contributed by atoms with Crippen molar-refractivity contribution in [3.05, 3.63) is 35.4 Å². The molecule has 1 aliphatic rings. The minimum absolute atomic E-state index is 0.0962. The van der Waals surface area contributed by atoms with Crippen LogP contribution >= 0.6 is 0 Å². The summed E-state index contributed by atoms with van der Waals surface area (Å²) in [7, 11) is 1.84. The van der Waals surface area contributed by atoms with Crippen molar-refractivity contribution in [2.24, 2.45) is 5.92 Å². The lowest BCUT2D eigenvalue weighted by Crippen LogP contribution is -2.23. The fourth-order valence-electron chi connectivity index (χ4n) is 2.14. The van der Waals surface area contributed by atoms with Crippen LogP contribution in [0.4, 0.5) is 0 Å². The van der Waals surface area contributed by atoms with E-state index in [9.17, 15) is 4.79 Å². The molecule has 1 heterocycles. The van der Waals surface area contributed by atoms with Gasteiger partial charge in [0, 0.05) is 19.5 Å². The molecule has 2 rings (SSSR count). The van der Waals surface area contributed by atoms with Crippen molar-refractivity contribution < 1.29 is 4.79 Å². The largest absolute Gasteiger partial charge is 0.345 e. The summed E-state index contributed by atoms with van der Waals surface area (Å²) in [5, 5.41) is 8.79. The Kier molecular flexibility index (Phi) is 2.91. The number of hydrogen-bond acceptors (Lipinski definition) is 2. The zero-order valence-electron chi connectivity index (χ0n) is 9.31. The van der Waals surface area contributed by atoms with E-state index in [4.69, 9.17) is 5.26 Å². The first-order chi connectivity index (χ1) is 7.70. The molecule has 1 atom stereocenters. The third kappa shape index (κ3) is 2.06. The molecular weight excluding hydrogens is 200 g/mol. The quantitative estimate of drug-likeness (QED) is 0.750. The fraction of sp³-hybridized carbons (Fsp3) is 0.385. The van der Waals surface area contributed by atoms with Crippen molar-refractivity contribution >= 4 is 5.91 Å². The van der Waals surface area contributed by atoms with E-state index >= 15 is 0 Å². The summed E-state index contributed by atoms with van der Waals surface area (Å²) >= 11 is 0. The lowest BCUT2D eigenvalue weighted by molar-refractivity contribution is -0.129. The number of nitrogens with zero attached hydrogens (tertiary/aromatic N) is 2. The van der Waals surface area contributed by atoms with Crippen LogP contribution in [0.5, 0.6) is 0 Å². The average molecular weight is 214 g/mol. The highest BCUT2D eigenvalue weighted by Gasteiger charge is 2.28. The molecular formula is C13H14N2O. The summed E-state index contributed by atoms with van der Waals surface area (Å²) in [6.45, 7) is 0.849. The second kappa shape index (κ2) is 4.36. The fourth-order valence-corrected chi connectivity index (χ4v) is 2.14. The Morgan fingerprint density at radius 3 is 3.00 bits per heavy atom. The lowest BCUT2D eigenvalue weighted by Gasteiger charge is -2.10. The van der Waals surface area contributed by atoms with Gasteiger partial charge in [0.25, 0.3) is 0 Å². The van der Waals surface area contributed by atoms with Gasteiger partial charge in [-0.15, -0.1) is 0 Å². The number of benzene rings is 1. The van der Waals surface area contributed by atoms with Crippen LogP contribution in [0, 0.1) is 17.2 Å². The number of rotatable bonds is 2. The molecule has 1 amide bonds. The lowest BCUT2D eigenvalue weighted by atomic mass is 9.97. The van der Waals surface area contributed by atoms with E-state index < -0.39 is 0 Å². The van der Waals surface area contributed by atoms with Crippen LogP contribution in [0.1, 0.15) is 17.5 Å². The van der Waals surface area contributed by atoms with Gasteiger partial charge in [-0.2, -0.15) is 5.26 Å². The van der Waals surface area contributed by atoms with Crippen molar-refractivity contribution in [1.82, 2.24) is 4.90 Å². The van der Waals surface area contributed by atoms with Crippen molar-refractivity contribution in [1.29, 1.82) is 5.26 Å². The molecule has 1 aliphatic heterocycles. The molecule has 0 N–H and O–H groups in total. The molecule has 0 spiro atoms. The molecule has 82 valence electrons. The van der Waals surface area contributed by atoms with Gasteiger partial charge in [-0.25, -0.2) is 0 Å². The molecule has 3 heteroatoms. The zero-order chi connectivity index (χ0) is 11.5. The monoisotopic (exact) mass is 214 g/mol. The van der Waals surface area contributed by atoms with E-state index in [1.807, 2.05) is 25.2 Å². The van der Waals surface area contributed by atoms with Crippen LogP contribution in [0.2, 0.25) is 0 Å². The normalized spacial score (nSPS) is 19.9. The van der Waals surface area contributed by atoms with E-state index in [1.54, 1.807) is 11.0 Å². The maximum atomic E-state index is 11.7. The molecule has 0 aromatic heterocycles. The Labute approximate surface area is 95.3 Å². The van der Waals surface area contributed by atoms with Crippen LogP contribution in [-0.4, -0.2) is 24.4 Å². The van der Waals surface area contributed by atoms with Crippen LogP contribution < -0.4 is 0 Å².